The number of aromatic carboxylic acids is 1. The van der Waals surface area contributed by atoms with Gasteiger partial charge < -0.3 is 16.2 Å². The van der Waals surface area contributed by atoms with Crippen LogP contribution < -0.4 is 11.1 Å². The van der Waals surface area contributed by atoms with Crippen LogP contribution in [-0.4, -0.2) is 22.1 Å². The van der Waals surface area contributed by atoms with Gasteiger partial charge in [0.2, 0.25) is 0 Å². The van der Waals surface area contributed by atoms with Crippen LogP contribution >= 0.6 is 0 Å². The number of carbonyl (C=O) groups is 1. The Morgan fingerprint density at radius 2 is 2.22 bits per heavy atom. The molecule has 2 rings (SSSR count). The van der Waals surface area contributed by atoms with Gasteiger partial charge in [-0.2, -0.15) is 0 Å². The molecule has 1 atom stereocenters. The molecular formula is C13H19N3O2. The van der Waals surface area contributed by atoms with E-state index in [1.54, 1.807) is 0 Å². The quantitative estimate of drug-likeness (QED) is 0.762. The Balaban J connectivity index is 2.15. The lowest BCUT2D eigenvalue weighted by Crippen LogP contribution is -2.25. The van der Waals surface area contributed by atoms with Crippen LogP contribution in [0.1, 0.15) is 43.0 Å². The summed E-state index contributed by atoms with van der Waals surface area (Å²) in [4.78, 5) is 15.1. The minimum absolute atomic E-state index is 0.187. The maximum atomic E-state index is 11.2. The number of rotatable bonds is 4. The van der Waals surface area contributed by atoms with Crippen molar-refractivity contribution in [3.63, 3.8) is 0 Å². The van der Waals surface area contributed by atoms with Crippen LogP contribution in [0.3, 0.4) is 0 Å². The Morgan fingerprint density at radius 1 is 1.56 bits per heavy atom. The number of nitrogens with two attached hydrogens (primary N) is 1. The third-order valence-electron chi connectivity index (χ3n) is 3.65. The smallest absolute Gasteiger partial charge is 0.337 e. The molecule has 0 amide bonds. The van der Waals surface area contributed by atoms with Crippen molar-refractivity contribution in [1.82, 2.24) is 4.98 Å². The molecular weight excluding hydrogens is 230 g/mol. The van der Waals surface area contributed by atoms with Gasteiger partial charge in [-0.15, -0.1) is 0 Å². The molecule has 0 aromatic carbocycles. The van der Waals surface area contributed by atoms with E-state index in [2.05, 4.69) is 17.2 Å². The van der Waals surface area contributed by atoms with Crippen LogP contribution in [0, 0.1) is 5.92 Å². The summed E-state index contributed by atoms with van der Waals surface area (Å²) >= 11 is 0. The highest BCUT2D eigenvalue weighted by Gasteiger charge is 2.22. The zero-order valence-corrected chi connectivity index (χ0v) is 10.5. The van der Waals surface area contributed by atoms with Crippen molar-refractivity contribution in [2.45, 2.75) is 38.6 Å². The van der Waals surface area contributed by atoms with Gasteiger partial charge in [-0.25, -0.2) is 9.78 Å². The predicted molar refractivity (Wildman–Crippen MR) is 70.7 cm³/mol. The number of hydrogen-bond acceptors (Lipinski definition) is 4. The molecule has 0 radical (unpaired) electrons. The van der Waals surface area contributed by atoms with Crippen LogP contribution in [0.5, 0.6) is 0 Å². The lowest BCUT2D eigenvalue weighted by atomic mass is 9.99. The SMILES string of the molecule is CC(Nc1cnc(N)cc1C(=O)O)C1CCCC1. The van der Waals surface area contributed by atoms with Crippen molar-refractivity contribution >= 4 is 17.5 Å². The number of nitrogens with zero attached hydrogens (tertiary/aromatic N) is 1. The summed E-state index contributed by atoms with van der Waals surface area (Å²) < 4.78 is 0. The van der Waals surface area contributed by atoms with E-state index in [0.717, 1.165) is 0 Å². The molecule has 5 heteroatoms. The van der Waals surface area contributed by atoms with E-state index in [1.165, 1.54) is 37.9 Å². The Labute approximate surface area is 106 Å². The first-order valence-corrected chi connectivity index (χ1v) is 6.33. The molecule has 0 spiro atoms. The van der Waals surface area contributed by atoms with Crippen molar-refractivity contribution < 1.29 is 9.90 Å². The summed E-state index contributed by atoms with van der Waals surface area (Å²) in [6.45, 7) is 2.10. The molecule has 0 bridgehead atoms. The summed E-state index contributed by atoms with van der Waals surface area (Å²) in [5, 5.41) is 12.4. The van der Waals surface area contributed by atoms with Crippen molar-refractivity contribution in [2.24, 2.45) is 5.92 Å². The standard InChI is InChI=1S/C13H19N3O2/c1-8(9-4-2-3-5-9)16-11-7-15-12(14)6-10(11)13(17)18/h6-9,16H,2-5H2,1H3,(H2,14,15)(H,17,18). The molecule has 0 saturated heterocycles. The van der Waals surface area contributed by atoms with Gasteiger partial charge in [0.1, 0.15) is 5.82 Å². The summed E-state index contributed by atoms with van der Waals surface area (Å²) in [5.41, 5.74) is 6.26. The summed E-state index contributed by atoms with van der Waals surface area (Å²) in [6, 6.07) is 1.66. The van der Waals surface area contributed by atoms with Gasteiger partial charge in [0.25, 0.3) is 0 Å². The zero-order chi connectivity index (χ0) is 13.1. The molecule has 18 heavy (non-hydrogen) atoms. The zero-order valence-electron chi connectivity index (χ0n) is 10.5. The normalized spacial score (nSPS) is 17.6. The van der Waals surface area contributed by atoms with Gasteiger partial charge in [-0.1, -0.05) is 12.8 Å². The molecule has 5 nitrogen and oxygen atoms in total. The molecule has 1 unspecified atom stereocenters. The highest BCUT2D eigenvalue weighted by molar-refractivity contribution is 5.94. The monoisotopic (exact) mass is 249 g/mol. The van der Waals surface area contributed by atoms with Gasteiger partial charge >= 0.3 is 5.97 Å². The fraction of sp³-hybridized carbons (Fsp3) is 0.538. The molecule has 98 valence electrons. The second-order valence-corrected chi connectivity index (χ2v) is 4.94. The Kier molecular flexibility index (Phi) is 3.69. The molecule has 4 N–H and O–H groups in total. The molecule has 1 aliphatic carbocycles. The minimum atomic E-state index is -0.981. The third-order valence-corrected chi connectivity index (χ3v) is 3.65. The van der Waals surface area contributed by atoms with E-state index in [-0.39, 0.29) is 17.4 Å². The average Bonchev–Trinajstić information content (AvgIpc) is 2.84. The van der Waals surface area contributed by atoms with Crippen LogP contribution in [0.25, 0.3) is 0 Å². The highest BCUT2D eigenvalue weighted by atomic mass is 16.4. The second-order valence-electron chi connectivity index (χ2n) is 4.94. The first-order valence-electron chi connectivity index (χ1n) is 6.33. The third kappa shape index (κ3) is 2.72. The maximum Gasteiger partial charge on any atom is 0.337 e. The number of nitrogens with one attached hydrogen (secondary N) is 1. The fourth-order valence-corrected chi connectivity index (χ4v) is 2.58. The summed E-state index contributed by atoms with van der Waals surface area (Å²) in [6.07, 6.45) is 6.45. The number of aromatic nitrogens is 1. The van der Waals surface area contributed by atoms with Crippen LogP contribution in [0.15, 0.2) is 12.3 Å². The number of pyridine rings is 1. The summed E-state index contributed by atoms with van der Waals surface area (Å²) in [7, 11) is 0. The van der Waals surface area contributed by atoms with Crippen LogP contribution in [0.2, 0.25) is 0 Å². The van der Waals surface area contributed by atoms with Crippen LogP contribution in [0.4, 0.5) is 11.5 Å². The average molecular weight is 249 g/mol. The molecule has 1 aliphatic rings. The largest absolute Gasteiger partial charge is 0.478 e. The number of carboxylic acid groups (broad SMARTS) is 1. The molecule has 0 aliphatic heterocycles. The van der Waals surface area contributed by atoms with E-state index in [4.69, 9.17) is 10.8 Å². The Bertz CT molecular complexity index is 442. The van der Waals surface area contributed by atoms with E-state index < -0.39 is 5.97 Å². The number of hydrogen-bond donors (Lipinski definition) is 3. The van der Waals surface area contributed by atoms with Gasteiger partial charge in [0, 0.05) is 6.04 Å². The van der Waals surface area contributed by atoms with Gasteiger partial charge in [-0.05, 0) is 31.7 Å². The lowest BCUT2D eigenvalue weighted by molar-refractivity contribution is 0.0698. The van der Waals surface area contributed by atoms with Crippen molar-refractivity contribution in [3.8, 4) is 0 Å². The van der Waals surface area contributed by atoms with E-state index in [9.17, 15) is 4.79 Å². The van der Waals surface area contributed by atoms with E-state index in [1.807, 2.05) is 0 Å². The molecule has 1 fully saturated rings. The molecule has 1 heterocycles. The van der Waals surface area contributed by atoms with E-state index in [0.29, 0.717) is 11.6 Å². The maximum absolute atomic E-state index is 11.2. The second kappa shape index (κ2) is 5.25. The number of carboxylic acids is 1. The Morgan fingerprint density at radius 3 is 2.83 bits per heavy atom. The lowest BCUT2D eigenvalue weighted by Gasteiger charge is -2.22. The minimum Gasteiger partial charge on any atom is -0.478 e. The molecule has 1 aromatic heterocycles. The highest BCUT2D eigenvalue weighted by Crippen LogP contribution is 2.30. The van der Waals surface area contributed by atoms with Gasteiger partial charge in [0.05, 0.1) is 17.4 Å². The first-order chi connectivity index (χ1) is 8.58. The van der Waals surface area contributed by atoms with Gasteiger partial charge in [-0.3, -0.25) is 0 Å². The van der Waals surface area contributed by atoms with Crippen molar-refractivity contribution in [3.05, 3.63) is 17.8 Å². The van der Waals surface area contributed by atoms with Crippen molar-refractivity contribution in [1.29, 1.82) is 0 Å². The Hall–Kier alpha value is -1.78. The topological polar surface area (TPSA) is 88.2 Å². The number of anilines is 2. The van der Waals surface area contributed by atoms with Crippen molar-refractivity contribution in [2.75, 3.05) is 11.1 Å². The fourth-order valence-electron chi connectivity index (χ4n) is 2.58. The van der Waals surface area contributed by atoms with E-state index >= 15 is 0 Å². The molecule has 1 aromatic rings. The number of nitrogen functional groups attached to an aromatic ring is 1. The summed E-state index contributed by atoms with van der Waals surface area (Å²) in [5.74, 6) is -0.138. The van der Waals surface area contributed by atoms with Gasteiger partial charge in [0.15, 0.2) is 0 Å². The predicted octanol–water partition coefficient (Wildman–Crippen LogP) is 2.35. The first kappa shape index (κ1) is 12.7. The van der Waals surface area contributed by atoms with Crippen LogP contribution in [-0.2, 0) is 0 Å². The molecule has 1 saturated carbocycles.